The number of esters is 7. The highest BCUT2D eigenvalue weighted by Crippen LogP contribution is 2.54. The maximum absolute atomic E-state index is 14.0. The van der Waals surface area contributed by atoms with E-state index in [1.54, 1.807) is 222 Å². The molecule has 0 N–H and O–H groups in total. The number of hydrogen-bond acceptors (Lipinski definition) is 33. The fourth-order valence-electron chi connectivity index (χ4n) is 15.3. The van der Waals surface area contributed by atoms with Crippen LogP contribution in [0.25, 0.3) is 0 Å². The van der Waals surface area contributed by atoms with Gasteiger partial charge in [-0.2, -0.15) is 61.4 Å². The van der Waals surface area contributed by atoms with E-state index in [1.807, 2.05) is 103 Å². The van der Waals surface area contributed by atoms with E-state index in [2.05, 4.69) is 37.9 Å². The molecule has 144 heavy (non-hydrogen) atoms. The van der Waals surface area contributed by atoms with Crippen LogP contribution in [-0.4, -0.2) is 175 Å². The molecule has 784 valence electrons. The number of benzene rings is 8. The smallest absolute Gasteiger partial charge is 0.315 e. The van der Waals surface area contributed by atoms with Crippen molar-refractivity contribution in [2.24, 2.45) is 10.8 Å². The highest BCUT2D eigenvalue weighted by molar-refractivity contribution is 8.00. The molecule has 0 radical (unpaired) electrons. The highest BCUT2D eigenvalue weighted by atomic mass is 32.2. The highest BCUT2D eigenvalue weighted by Gasteiger charge is 2.43. The van der Waals surface area contributed by atoms with Crippen LogP contribution in [0.15, 0.2) is 170 Å². The van der Waals surface area contributed by atoms with Crippen molar-refractivity contribution in [2.45, 2.75) is 208 Å². The van der Waals surface area contributed by atoms with E-state index in [0.717, 1.165) is 33.4 Å². The van der Waals surface area contributed by atoms with E-state index in [1.165, 1.54) is 23.5 Å². The Bertz CT molecular complexity index is 5620. The molecule has 0 saturated heterocycles. The number of carbonyl (C=O) groups is 11. The summed E-state index contributed by atoms with van der Waals surface area (Å²) in [5.41, 5.74) is 6.69. The summed E-state index contributed by atoms with van der Waals surface area (Å²) in [6.07, 6.45) is 1.07. The minimum absolute atomic E-state index is 0.00802. The van der Waals surface area contributed by atoms with E-state index in [9.17, 15) is 71.0 Å². The Morgan fingerprint density at radius 1 is 0.312 bits per heavy atom. The van der Waals surface area contributed by atoms with E-state index >= 15 is 0 Å². The van der Waals surface area contributed by atoms with Crippen molar-refractivity contribution < 1.29 is 122 Å². The van der Waals surface area contributed by atoms with Gasteiger partial charge in [0.2, 0.25) is 0 Å². The molecule has 0 spiro atoms. The number of carbonyl (C=O) groups excluding carboxylic acids is 11. The van der Waals surface area contributed by atoms with Gasteiger partial charge >= 0.3 is 71.3 Å². The van der Waals surface area contributed by atoms with Crippen molar-refractivity contribution in [3.05, 3.63) is 259 Å². The Morgan fingerprint density at radius 3 is 0.771 bits per heavy atom. The molecule has 8 aromatic rings. The number of hydrogen-bond donors (Lipinski definition) is 3. The number of ether oxygens (including phenoxy) is 7. The Labute approximate surface area is 882 Å². The molecule has 0 aromatic heterocycles. The zero-order valence-corrected chi connectivity index (χ0v) is 95.1. The lowest BCUT2D eigenvalue weighted by Gasteiger charge is -2.31. The first-order valence-electron chi connectivity index (χ1n) is 47.4. The average molecular weight is 2190 g/mol. The first kappa shape index (κ1) is 125. The van der Waals surface area contributed by atoms with Crippen LogP contribution >= 0.6 is 114 Å². The van der Waals surface area contributed by atoms with Crippen molar-refractivity contribution in [3.8, 4) is 0 Å². The second kappa shape index (κ2) is 61.2. The molecule has 8 unspecified atom stereocenters. The molecular formula is C107H138O26P4S7. The lowest BCUT2D eigenvalue weighted by molar-refractivity contribution is -0.162. The third-order valence-electron chi connectivity index (χ3n) is 22.3. The predicted octanol–water partition coefficient (Wildman–Crippen LogP) is 22.4. The normalized spacial score (nSPS) is 14.6. The zero-order valence-electron chi connectivity index (χ0n) is 85.6. The van der Waals surface area contributed by atoms with Gasteiger partial charge in [-0.3, -0.25) is 71.0 Å². The largest absolute Gasteiger partial charge is 0.466 e. The second-order valence-corrected chi connectivity index (χ2v) is 51.2. The van der Waals surface area contributed by atoms with Gasteiger partial charge in [-0.05, 0) is 219 Å². The molecule has 0 aliphatic carbocycles. The minimum atomic E-state index is -3.86. The Balaban J connectivity index is 0.000000352. The molecule has 0 amide bonds. The van der Waals surface area contributed by atoms with Crippen LogP contribution in [0.5, 0.6) is 0 Å². The van der Waals surface area contributed by atoms with Crippen LogP contribution < -0.4 is 21.2 Å². The summed E-state index contributed by atoms with van der Waals surface area (Å²) in [6.45, 7) is 34.2. The van der Waals surface area contributed by atoms with Crippen molar-refractivity contribution >= 4 is 200 Å². The quantitative estimate of drug-likeness (QED) is 0.0138. The van der Waals surface area contributed by atoms with Gasteiger partial charge in [0, 0.05) is 87.5 Å². The second-order valence-electron chi connectivity index (χ2n) is 35.2. The van der Waals surface area contributed by atoms with Gasteiger partial charge in [-0.1, -0.05) is 156 Å². The number of aryl methyl sites for hydroxylation is 8. The summed E-state index contributed by atoms with van der Waals surface area (Å²) in [5, 5.41) is 1.11. The molecule has 0 bridgehead atoms. The lowest BCUT2D eigenvalue weighted by atomic mass is 9.88. The van der Waals surface area contributed by atoms with E-state index in [0.29, 0.717) is 119 Å². The number of thiol groups is 3. The molecule has 8 aromatic carbocycles. The van der Waals surface area contributed by atoms with Gasteiger partial charge in [-0.15, -0.1) is 23.5 Å². The van der Waals surface area contributed by atoms with Crippen LogP contribution in [0.1, 0.15) is 216 Å². The summed E-state index contributed by atoms with van der Waals surface area (Å²) < 4.78 is 116. The third kappa shape index (κ3) is 37.9. The third-order valence-corrected chi connectivity index (χ3v) is 36.8. The average Bonchev–Trinajstić information content (AvgIpc) is 0.784. The number of thioether (sulfide) groups is 4. The van der Waals surface area contributed by atoms with Gasteiger partial charge in [0.25, 0.3) is 22.1 Å². The van der Waals surface area contributed by atoms with E-state index in [-0.39, 0.29) is 130 Å². The van der Waals surface area contributed by atoms with Gasteiger partial charge in [0.15, 0.2) is 0 Å². The van der Waals surface area contributed by atoms with E-state index in [4.69, 9.17) is 51.3 Å². The Kier molecular flexibility index (Phi) is 52.9. The number of rotatable bonds is 57. The fraction of sp³-hybridized carbons (Fsp3) is 0.449. The fourth-order valence-corrected chi connectivity index (χ4v) is 27.3. The van der Waals surface area contributed by atoms with Crippen LogP contribution in [0.4, 0.5) is 0 Å². The monoisotopic (exact) mass is 2190 g/mol. The van der Waals surface area contributed by atoms with Crippen molar-refractivity contribution in [1.82, 2.24) is 0 Å². The van der Waals surface area contributed by atoms with Crippen LogP contribution in [0.2, 0.25) is 0 Å². The first-order chi connectivity index (χ1) is 68.2. The topological polar surface area (TPSA) is 358 Å². The van der Waals surface area contributed by atoms with Crippen molar-refractivity contribution in [3.63, 3.8) is 0 Å². The van der Waals surface area contributed by atoms with Gasteiger partial charge in [-0.25, -0.2) is 0 Å². The maximum Gasteiger partial charge on any atom is 0.315 e. The first-order valence-corrected chi connectivity index (χ1v) is 60.0. The summed E-state index contributed by atoms with van der Waals surface area (Å²) in [5.74, 6) is -1.19. The SMILES string of the molecule is CCOC(=O)CC(C)SCc1cc(C)c(C(=O)P(=O)(OCC)c2ccccc2)c(C)c1.CCOP(=O)(C(=O)c1c(C)cc(CSC(C)CC(=O)OCC(C)(COC(=O)CC(C)S)COC(=O)CC(C)S)cc1C)c1ccccc1.CCOP(=O)(C(=O)c1c(C)cc(CSCC(=O)OCC(CC)(COC(=O)CS)COC(=O)CSCc2cc(C)c(C(=O)P(=O)(OCC)c3ccccc3)c(C)c2)cc1C)c1ccccc1. The summed E-state index contributed by atoms with van der Waals surface area (Å²) in [7, 11) is -15.2. The standard InChI is InChI=1S/C48H58O12P2S3.C35H49O9PS3.C24H31O5PS/c1-8-48(30-56-41(49)25-63,31-57-42(50)28-64-26-37-21-33(4)44(34(5)22-37)46(52)61(54,59-9-2)39-17-13-11-14-18-39)32-58-43(51)29-65-27-38-23-35(6)45(36(7)24-38)47(53)62(55,60-10-3)40-19-15-12-16-20-40;1-8-44-45(40,29-12-10-9-11-13-29)34(39)33-23(2)14-28(15-24(33)3)19-48-27(6)18-32(38)43-22-35(7,20-41-30(36)16-25(4)46)21-42-31(37)17-26(5)47;1-6-28-22(25)15-19(5)31-16-20-13-17(3)23(18(4)14-20)24(26)30(27,29-7-2)21-11-9-8-10-12-21/h11-24,63H,8-10,25-32H2,1-7H3;9-15,25-27,46-47H,8,16-22H2,1-7H3;8-14,19H,6-7,15-16H2,1-5H3. The molecule has 0 fully saturated rings. The van der Waals surface area contributed by atoms with Gasteiger partial charge < -0.3 is 51.3 Å². The summed E-state index contributed by atoms with van der Waals surface area (Å²) in [6, 6.07) is 49.2. The summed E-state index contributed by atoms with van der Waals surface area (Å²) in [4.78, 5) is 142. The lowest BCUT2D eigenvalue weighted by Crippen LogP contribution is -2.39. The Hall–Kier alpha value is -8.06. The van der Waals surface area contributed by atoms with Crippen molar-refractivity contribution in [2.75, 3.05) is 89.9 Å². The zero-order chi connectivity index (χ0) is 107. The molecule has 8 rings (SSSR count). The minimum Gasteiger partial charge on any atom is -0.466 e. The molecule has 0 saturated carbocycles. The van der Waals surface area contributed by atoms with Crippen LogP contribution in [0, 0.1) is 66.2 Å². The van der Waals surface area contributed by atoms with Crippen molar-refractivity contribution in [1.29, 1.82) is 0 Å². The maximum atomic E-state index is 14.0. The molecule has 26 nitrogen and oxygen atoms in total. The van der Waals surface area contributed by atoms with Gasteiger partial charge in [0.05, 0.1) is 86.8 Å². The molecule has 0 aliphatic rings. The summed E-state index contributed by atoms with van der Waals surface area (Å²) >= 11 is 18.3. The molecule has 0 heterocycles. The predicted molar refractivity (Wildman–Crippen MR) is 588 cm³/mol. The molecule has 37 heteroatoms. The van der Waals surface area contributed by atoms with Crippen LogP contribution in [0.3, 0.4) is 0 Å². The molecule has 8 atom stereocenters. The Morgan fingerprint density at radius 2 is 0.542 bits per heavy atom. The van der Waals surface area contributed by atoms with Crippen LogP contribution in [-0.2, 0) is 126 Å². The van der Waals surface area contributed by atoms with Gasteiger partial charge in [0.1, 0.15) is 39.6 Å². The molecule has 0 aliphatic heterocycles. The molecular weight excluding hydrogens is 2050 g/mol. The van der Waals surface area contributed by atoms with E-state index < -0.39 is 98.2 Å².